The van der Waals surface area contributed by atoms with Crippen molar-refractivity contribution in [1.29, 1.82) is 0 Å². The maximum absolute atomic E-state index is 11.8. The van der Waals surface area contributed by atoms with Gasteiger partial charge in [0.15, 0.2) is 0 Å². The lowest BCUT2D eigenvalue weighted by atomic mass is 9.95. The molecule has 0 saturated carbocycles. The van der Waals surface area contributed by atoms with Crippen LogP contribution in [0.1, 0.15) is 26.7 Å². The van der Waals surface area contributed by atoms with E-state index in [9.17, 15) is 4.79 Å². The smallest absolute Gasteiger partial charge is 0.287 e. The molecule has 2 unspecified atom stereocenters. The van der Waals surface area contributed by atoms with E-state index >= 15 is 0 Å². The van der Waals surface area contributed by atoms with Crippen LogP contribution in [0.4, 0.5) is 5.69 Å². The molecule has 2 heterocycles. The number of aromatic nitrogens is 2. The molecule has 0 aliphatic carbocycles. The van der Waals surface area contributed by atoms with E-state index in [-0.39, 0.29) is 10.6 Å². The normalized spacial score (nSPS) is 25.1. The minimum Gasteiger partial charge on any atom is -0.366 e. The highest BCUT2D eigenvalue weighted by Crippen LogP contribution is 2.30. The fourth-order valence-corrected chi connectivity index (χ4v) is 2.61. The Hall–Kier alpha value is -1.03. The Morgan fingerprint density at radius 2 is 2.12 bits per heavy atom. The molecule has 1 aromatic rings. The molecular formula is C12H18ClN3O. The van der Waals surface area contributed by atoms with Crippen LogP contribution in [0, 0.1) is 5.92 Å². The number of nitrogens with zero attached hydrogens (tertiary/aromatic N) is 3. The maximum Gasteiger partial charge on any atom is 0.287 e. The van der Waals surface area contributed by atoms with Crippen LogP contribution in [0.3, 0.4) is 0 Å². The monoisotopic (exact) mass is 255 g/mol. The summed E-state index contributed by atoms with van der Waals surface area (Å²) >= 11 is 6.13. The summed E-state index contributed by atoms with van der Waals surface area (Å²) in [5.41, 5.74) is 0.545. The molecule has 1 fully saturated rings. The van der Waals surface area contributed by atoms with Crippen LogP contribution in [0.15, 0.2) is 11.0 Å². The molecule has 2 atom stereocenters. The van der Waals surface area contributed by atoms with Gasteiger partial charge in [-0.2, -0.15) is 5.10 Å². The van der Waals surface area contributed by atoms with Gasteiger partial charge >= 0.3 is 0 Å². The number of anilines is 1. The van der Waals surface area contributed by atoms with Crippen molar-refractivity contribution in [2.45, 2.75) is 32.7 Å². The highest BCUT2D eigenvalue weighted by Gasteiger charge is 2.25. The topological polar surface area (TPSA) is 38.1 Å². The summed E-state index contributed by atoms with van der Waals surface area (Å²) in [4.78, 5) is 14.0. The van der Waals surface area contributed by atoms with Gasteiger partial charge in [-0.3, -0.25) is 4.79 Å². The van der Waals surface area contributed by atoms with Gasteiger partial charge in [0.05, 0.1) is 11.9 Å². The lowest BCUT2D eigenvalue weighted by Gasteiger charge is -2.38. The number of rotatable bonds is 1. The molecule has 5 heteroatoms. The van der Waals surface area contributed by atoms with Gasteiger partial charge in [0.25, 0.3) is 5.56 Å². The average molecular weight is 256 g/mol. The fourth-order valence-electron chi connectivity index (χ4n) is 2.33. The Labute approximate surface area is 106 Å². The van der Waals surface area contributed by atoms with Gasteiger partial charge in [-0.05, 0) is 25.7 Å². The maximum atomic E-state index is 11.8. The van der Waals surface area contributed by atoms with E-state index in [2.05, 4.69) is 23.8 Å². The first-order valence-electron chi connectivity index (χ1n) is 5.99. The van der Waals surface area contributed by atoms with Gasteiger partial charge in [0.2, 0.25) is 0 Å². The summed E-state index contributed by atoms with van der Waals surface area (Å²) in [5, 5.41) is 4.33. The number of hydrogen-bond acceptors (Lipinski definition) is 3. The highest BCUT2D eigenvalue weighted by molar-refractivity contribution is 6.33. The van der Waals surface area contributed by atoms with E-state index < -0.39 is 0 Å². The number of piperidine rings is 1. The quantitative estimate of drug-likeness (QED) is 0.771. The largest absolute Gasteiger partial charge is 0.366 e. The SMILES string of the molecule is CC1CCC(C)N(c2cnn(C)c(=O)c2Cl)C1. The highest BCUT2D eigenvalue weighted by atomic mass is 35.5. The molecule has 4 nitrogen and oxygen atoms in total. The average Bonchev–Trinajstić information content (AvgIpc) is 2.30. The van der Waals surface area contributed by atoms with Gasteiger partial charge < -0.3 is 4.90 Å². The lowest BCUT2D eigenvalue weighted by molar-refractivity contribution is 0.389. The molecule has 0 bridgehead atoms. The first-order valence-corrected chi connectivity index (χ1v) is 6.37. The van der Waals surface area contributed by atoms with E-state index in [0.29, 0.717) is 12.0 Å². The molecule has 0 N–H and O–H groups in total. The third-order valence-corrected chi connectivity index (χ3v) is 3.84. The first-order chi connectivity index (χ1) is 8.00. The van der Waals surface area contributed by atoms with Crippen LogP contribution in [0.2, 0.25) is 5.02 Å². The zero-order valence-electron chi connectivity index (χ0n) is 10.5. The Bertz CT molecular complexity index is 471. The molecule has 94 valence electrons. The van der Waals surface area contributed by atoms with Crippen molar-refractivity contribution in [3.8, 4) is 0 Å². The Kier molecular flexibility index (Phi) is 3.43. The number of halogens is 1. The molecule has 1 saturated heterocycles. The summed E-state index contributed by atoms with van der Waals surface area (Å²) < 4.78 is 1.27. The standard InChI is InChI=1S/C12H18ClN3O/c1-8-4-5-9(2)16(7-8)10-6-14-15(3)12(17)11(10)13/h6,8-9H,4-5,7H2,1-3H3. The molecule has 0 spiro atoms. The second-order valence-corrected chi connectivity index (χ2v) is 5.33. The van der Waals surface area contributed by atoms with E-state index in [1.165, 1.54) is 11.1 Å². The molecule has 1 aliphatic heterocycles. The molecule has 1 aromatic heterocycles. The Balaban J connectivity index is 2.39. The van der Waals surface area contributed by atoms with Crippen LogP contribution >= 0.6 is 11.6 Å². The summed E-state index contributed by atoms with van der Waals surface area (Å²) in [6, 6.07) is 0.414. The van der Waals surface area contributed by atoms with Gasteiger partial charge in [0, 0.05) is 19.6 Å². The molecule has 17 heavy (non-hydrogen) atoms. The minimum absolute atomic E-state index is 0.227. The van der Waals surface area contributed by atoms with Crippen molar-refractivity contribution in [2.75, 3.05) is 11.4 Å². The molecular weight excluding hydrogens is 238 g/mol. The zero-order chi connectivity index (χ0) is 12.6. The first kappa shape index (κ1) is 12.4. The predicted molar refractivity (Wildman–Crippen MR) is 69.7 cm³/mol. The van der Waals surface area contributed by atoms with Crippen LogP contribution in [0.25, 0.3) is 0 Å². The van der Waals surface area contributed by atoms with E-state index in [4.69, 9.17) is 11.6 Å². The molecule has 0 radical (unpaired) electrons. The summed E-state index contributed by atoms with van der Waals surface area (Å²) in [6.45, 7) is 5.33. The van der Waals surface area contributed by atoms with Crippen LogP contribution in [0.5, 0.6) is 0 Å². The van der Waals surface area contributed by atoms with Gasteiger partial charge in [-0.15, -0.1) is 0 Å². The summed E-state index contributed by atoms with van der Waals surface area (Å²) in [5.74, 6) is 0.631. The van der Waals surface area contributed by atoms with Crippen molar-refractivity contribution >= 4 is 17.3 Å². The third kappa shape index (κ3) is 2.32. The van der Waals surface area contributed by atoms with E-state index in [0.717, 1.165) is 18.7 Å². The molecule has 2 rings (SSSR count). The summed E-state index contributed by atoms with van der Waals surface area (Å²) in [6.07, 6.45) is 4.05. The van der Waals surface area contributed by atoms with Crippen molar-refractivity contribution < 1.29 is 0 Å². The van der Waals surface area contributed by atoms with E-state index in [1.807, 2.05) is 0 Å². The number of hydrogen-bond donors (Lipinski definition) is 0. The molecule has 0 amide bonds. The molecule has 0 aromatic carbocycles. The van der Waals surface area contributed by atoms with Crippen LogP contribution < -0.4 is 10.5 Å². The fraction of sp³-hybridized carbons (Fsp3) is 0.667. The zero-order valence-corrected chi connectivity index (χ0v) is 11.2. The van der Waals surface area contributed by atoms with Crippen molar-refractivity contribution in [3.63, 3.8) is 0 Å². The number of aryl methyl sites for hydroxylation is 1. The second-order valence-electron chi connectivity index (χ2n) is 4.96. The van der Waals surface area contributed by atoms with Crippen molar-refractivity contribution in [1.82, 2.24) is 9.78 Å². The lowest BCUT2D eigenvalue weighted by Crippen LogP contribution is -2.42. The van der Waals surface area contributed by atoms with Gasteiger partial charge in [0.1, 0.15) is 5.02 Å². The van der Waals surface area contributed by atoms with Crippen molar-refractivity contribution in [3.05, 3.63) is 21.6 Å². The second kappa shape index (κ2) is 4.69. The van der Waals surface area contributed by atoms with Crippen LogP contribution in [-0.2, 0) is 7.05 Å². The Morgan fingerprint density at radius 3 is 2.82 bits per heavy atom. The summed E-state index contributed by atoms with van der Waals surface area (Å²) in [7, 11) is 1.61. The third-order valence-electron chi connectivity index (χ3n) is 3.49. The van der Waals surface area contributed by atoms with E-state index in [1.54, 1.807) is 13.2 Å². The molecule has 1 aliphatic rings. The minimum atomic E-state index is -0.227. The Morgan fingerprint density at radius 1 is 1.41 bits per heavy atom. The predicted octanol–water partition coefficient (Wildman–Crippen LogP) is 2.06. The van der Waals surface area contributed by atoms with Gasteiger partial charge in [-0.25, -0.2) is 4.68 Å². The van der Waals surface area contributed by atoms with Crippen LogP contribution in [-0.4, -0.2) is 22.4 Å². The van der Waals surface area contributed by atoms with Crippen molar-refractivity contribution in [2.24, 2.45) is 13.0 Å². The van der Waals surface area contributed by atoms with Gasteiger partial charge in [-0.1, -0.05) is 18.5 Å².